The summed E-state index contributed by atoms with van der Waals surface area (Å²) in [6, 6.07) is 10.3. The molecular weight excluding hydrogens is 382 g/mol. The molecule has 4 aliphatic rings. The largest absolute Gasteiger partial charge is 0.390 e. The van der Waals surface area contributed by atoms with Gasteiger partial charge in [0.05, 0.1) is 5.60 Å². The smallest absolute Gasteiger partial charge is 0.160 e. The fraction of sp³-hybridized carbons (Fsp3) is 0.679. The van der Waals surface area contributed by atoms with E-state index in [0.717, 1.165) is 30.5 Å². The van der Waals surface area contributed by atoms with Gasteiger partial charge in [0.25, 0.3) is 0 Å². The van der Waals surface area contributed by atoms with E-state index in [1.807, 2.05) is 18.2 Å². The minimum Gasteiger partial charge on any atom is -0.390 e. The molecule has 1 N–H and O–H groups in total. The number of anilines is 1. The molecule has 4 saturated carbocycles. The van der Waals surface area contributed by atoms with Crippen molar-refractivity contribution >= 4 is 11.5 Å². The molecular formula is C28H39NO2. The first-order chi connectivity index (χ1) is 14.7. The van der Waals surface area contributed by atoms with E-state index >= 15 is 0 Å². The topological polar surface area (TPSA) is 40.5 Å². The molecule has 7 atom stereocenters. The van der Waals surface area contributed by atoms with Gasteiger partial charge in [0.2, 0.25) is 0 Å². The highest BCUT2D eigenvalue weighted by Crippen LogP contribution is 2.68. The number of rotatable bonds is 2. The Hall–Kier alpha value is -1.61. The van der Waals surface area contributed by atoms with Gasteiger partial charge in [0.15, 0.2) is 5.78 Å². The molecule has 0 aliphatic heterocycles. The van der Waals surface area contributed by atoms with Crippen molar-refractivity contribution in [2.24, 2.45) is 34.5 Å². The van der Waals surface area contributed by atoms with Crippen LogP contribution in [0.25, 0.3) is 0 Å². The van der Waals surface area contributed by atoms with Crippen molar-refractivity contribution in [3.63, 3.8) is 0 Å². The number of carbonyl (C=O) groups excluding carboxylic acids is 1. The van der Waals surface area contributed by atoms with E-state index in [9.17, 15) is 9.90 Å². The second kappa shape index (κ2) is 7.20. The molecule has 31 heavy (non-hydrogen) atoms. The number of para-hydroxylation sites is 1. The molecule has 0 unspecified atom stereocenters. The predicted octanol–water partition coefficient (Wildman–Crippen LogP) is 5.98. The van der Waals surface area contributed by atoms with E-state index in [0.29, 0.717) is 35.9 Å². The molecule has 0 aromatic heterocycles. The Bertz CT molecular complexity index is 890. The van der Waals surface area contributed by atoms with E-state index < -0.39 is 5.60 Å². The number of nitrogens with zero attached hydrogens (tertiary/aromatic N) is 1. The molecule has 0 radical (unpaired) electrons. The van der Waals surface area contributed by atoms with Crippen LogP contribution in [-0.2, 0) is 4.79 Å². The van der Waals surface area contributed by atoms with Gasteiger partial charge in [-0.15, -0.1) is 0 Å². The number of ketones is 1. The standard InChI is InChI=1S/C28H39NO2/c1-26-17-19(18-29(4)21-8-6-5-7-9-21)25(30)16-20(26)10-11-22-23(26)12-14-27(2)24(22)13-15-28(27,3)31/h5-9,18,20,22-24,31H,10-17H2,1-4H3/b19-18-/t20-,22+,23-,24-,26-,27-,28-/m0/s1. The monoisotopic (exact) mass is 421 g/mol. The van der Waals surface area contributed by atoms with Crippen LogP contribution in [-0.4, -0.2) is 23.5 Å². The number of Topliss-reactive ketones (excluding diaryl/α,β-unsaturated/α-hetero) is 1. The fourth-order valence-corrected chi connectivity index (χ4v) is 8.34. The van der Waals surface area contributed by atoms with Gasteiger partial charge >= 0.3 is 0 Å². The van der Waals surface area contributed by atoms with Crippen LogP contribution in [0.3, 0.4) is 0 Å². The van der Waals surface area contributed by atoms with Crippen molar-refractivity contribution in [1.29, 1.82) is 0 Å². The van der Waals surface area contributed by atoms with Crippen LogP contribution in [0, 0.1) is 34.5 Å². The molecule has 4 aliphatic carbocycles. The summed E-state index contributed by atoms with van der Waals surface area (Å²) in [6.45, 7) is 6.94. The van der Waals surface area contributed by atoms with Crippen LogP contribution in [0.5, 0.6) is 0 Å². The summed E-state index contributed by atoms with van der Waals surface area (Å²) in [6.07, 6.45) is 10.6. The average Bonchev–Trinajstić information content (AvgIpc) is 2.99. The Morgan fingerprint density at radius 3 is 2.45 bits per heavy atom. The fourth-order valence-electron chi connectivity index (χ4n) is 8.34. The maximum atomic E-state index is 13.1. The zero-order valence-corrected chi connectivity index (χ0v) is 19.7. The highest BCUT2D eigenvalue weighted by atomic mass is 16.3. The third-order valence-corrected chi connectivity index (χ3v) is 10.5. The van der Waals surface area contributed by atoms with Gasteiger partial charge in [-0.3, -0.25) is 4.79 Å². The van der Waals surface area contributed by atoms with Crippen molar-refractivity contribution in [3.8, 4) is 0 Å². The summed E-state index contributed by atoms with van der Waals surface area (Å²) >= 11 is 0. The van der Waals surface area contributed by atoms with E-state index in [-0.39, 0.29) is 10.8 Å². The Balaban J connectivity index is 1.43. The first kappa shape index (κ1) is 21.2. The molecule has 3 nitrogen and oxygen atoms in total. The van der Waals surface area contributed by atoms with Crippen molar-refractivity contribution in [2.45, 2.75) is 77.7 Å². The van der Waals surface area contributed by atoms with Gasteiger partial charge in [-0.25, -0.2) is 0 Å². The summed E-state index contributed by atoms with van der Waals surface area (Å²) < 4.78 is 0. The average molecular weight is 422 g/mol. The van der Waals surface area contributed by atoms with E-state index in [1.54, 1.807) is 0 Å². The second-order valence-corrected chi connectivity index (χ2v) is 11.8. The van der Waals surface area contributed by atoms with E-state index in [2.05, 4.69) is 51.1 Å². The summed E-state index contributed by atoms with van der Waals surface area (Å²) in [5, 5.41) is 11.2. The van der Waals surface area contributed by atoms with Gasteiger partial charge in [0.1, 0.15) is 0 Å². The quantitative estimate of drug-likeness (QED) is 0.597. The lowest BCUT2D eigenvalue weighted by Gasteiger charge is -2.61. The third kappa shape index (κ3) is 3.14. The van der Waals surface area contributed by atoms with Crippen molar-refractivity contribution in [3.05, 3.63) is 42.1 Å². The van der Waals surface area contributed by atoms with Crippen LogP contribution in [0.2, 0.25) is 0 Å². The lowest BCUT2D eigenvalue weighted by molar-refractivity contribution is -0.147. The molecule has 168 valence electrons. The van der Waals surface area contributed by atoms with Crippen molar-refractivity contribution < 1.29 is 9.90 Å². The lowest BCUT2D eigenvalue weighted by Crippen LogP contribution is -2.56. The number of hydrogen-bond acceptors (Lipinski definition) is 3. The first-order valence-corrected chi connectivity index (χ1v) is 12.4. The van der Waals surface area contributed by atoms with E-state index in [1.165, 1.54) is 25.7 Å². The Kier molecular flexibility index (Phi) is 4.93. The molecule has 0 heterocycles. The van der Waals surface area contributed by atoms with Crippen LogP contribution in [0.4, 0.5) is 5.69 Å². The number of aliphatic hydroxyl groups is 1. The number of benzene rings is 1. The summed E-state index contributed by atoms with van der Waals surface area (Å²) in [5.41, 5.74) is 1.88. The minimum atomic E-state index is -0.521. The highest BCUT2D eigenvalue weighted by molar-refractivity contribution is 5.97. The molecule has 3 heteroatoms. The van der Waals surface area contributed by atoms with Gasteiger partial charge in [0, 0.05) is 30.9 Å². The number of allylic oxidation sites excluding steroid dienone is 1. The van der Waals surface area contributed by atoms with Crippen molar-refractivity contribution in [2.75, 3.05) is 11.9 Å². The Morgan fingerprint density at radius 2 is 1.71 bits per heavy atom. The number of carbonyl (C=O) groups is 1. The molecule has 0 bridgehead atoms. The molecule has 4 fully saturated rings. The summed E-state index contributed by atoms with van der Waals surface area (Å²) in [4.78, 5) is 15.2. The van der Waals surface area contributed by atoms with Gasteiger partial charge in [-0.05, 0) is 98.5 Å². The summed E-state index contributed by atoms with van der Waals surface area (Å²) in [5.74, 6) is 2.89. The highest BCUT2D eigenvalue weighted by Gasteiger charge is 2.63. The molecule has 0 amide bonds. The van der Waals surface area contributed by atoms with Crippen LogP contribution in [0.15, 0.2) is 42.1 Å². The second-order valence-electron chi connectivity index (χ2n) is 11.8. The van der Waals surface area contributed by atoms with Crippen LogP contribution >= 0.6 is 0 Å². The molecule has 0 spiro atoms. The zero-order valence-electron chi connectivity index (χ0n) is 19.7. The maximum Gasteiger partial charge on any atom is 0.160 e. The lowest BCUT2D eigenvalue weighted by atomic mass is 9.44. The van der Waals surface area contributed by atoms with Crippen LogP contribution in [0.1, 0.15) is 72.1 Å². The van der Waals surface area contributed by atoms with Gasteiger partial charge < -0.3 is 10.0 Å². The van der Waals surface area contributed by atoms with Crippen LogP contribution < -0.4 is 4.90 Å². The Labute approximate surface area is 187 Å². The first-order valence-electron chi connectivity index (χ1n) is 12.4. The van der Waals surface area contributed by atoms with E-state index in [4.69, 9.17) is 0 Å². The number of hydrogen-bond donors (Lipinski definition) is 1. The van der Waals surface area contributed by atoms with Gasteiger partial charge in [-0.2, -0.15) is 0 Å². The molecule has 1 aromatic rings. The zero-order chi connectivity index (χ0) is 22.0. The Morgan fingerprint density at radius 1 is 1.00 bits per heavy atom. The molecule has 0 saturated heterocycles. The third-order valence-electron chi connectivity index (χ3n) is 10.5. The maximum absolute atomic E-state index is 13.1. The normalized spacial score (nSPS) is 45.7. The van der Waals surface area contributed by atoms with Crippen molar-refractivity contribution in [1.82, 2.24) is 0 Å². The summed E-state index contributed by atoms with van der Waals surface area (Å²) in [7, 11) is 2.06. The SMILES string of the molecule is CN(/C=C1/C[C@@]2(C)[C@@H](CC[C@@H]3[C@@H]2CC[C@@]2(C)[C@H]3CC[C@]2(C)O)CC1=O)c1ccccc1. The molecule has 5 rings (SSSR count). The van der Waals surface area contributed by atoms with Gasteiger partial charge in [-0.1, -0.05) is 32.0 Å². The molecule has 1 aromatic carbocycles. The minimum absolute atomic E-state index is 0.0635. The number of fused-ring (bicyclic) bond motifs is 5. The predicted molar refractivity (Wildman–Crippen MR) is 126 cm³/mol.